The van der Waals surface area contributed by atoms with Gasteiger partial charge in [0.2, 0.25) is 0 Å². The van der Waals surface area contributed by atoms with Gasteiger partial charge in [-0.05, 0) is 26.0 Å². The molecule has 96 valence electrons. The van der Waals surface area contributed by atoms with Gasteiger partial charge in [0.15, 0.2) is 12.1 Å². The summed E-state index contributed by atoms with van der Waals surface area (Å²) >= 11 is 0. The molecule has 5 nitrogen and oxygen atoms in total. The van der Waals surface area contributed by atoms with Gasteiger partial charge < -0.3 is 9.84 Å². The molecule has 2 rings (SSSR count). The average molecular weight is 249 g/mol. The Hall–Kier alpha value is -1.88. The summed E-state index contributed by atoms with van der Waals surface area (Å²) in [6.07, 6.45) is -1.07. The maximum Gasteiger partial charge on any atom is 0.330 e. The van der Waals surface area contributed by atoms with E-state index in [1.165, 1.54) is 4.90 Å². The average Bonchev–Trinajstić information content (AvgIpc) is 2.33. The molecular formula is C13H15NO4. The first-order valence-electron chi connectivity index (χ1n) is 5.78. The molecule has 1 amide bonds. The Morgan fingerprint density at radius 3 is 2.44 bits per heavy atom. The lowest BCUT2D eigenvalue weighted by molar-refractivity contribution is -0.160. The summed E-state index contributed by atoms with van der Waals surface area (Å²) in [5.41, 5.74) is 0.582. The van der Waals surface area contributed by atoms with Crippen LogP contribution >= 0.6 is 0 Å². The molecule has 1 saturated heterocycles. The zero-order valence-electron chi connectivity index (χ0n) is 10.2. The van der Waals surface area contributed by atoms with Gasteiger partial charge in [-0.25, -0.2) is 4.79 Å². The molecule has 0 aliphatic carbocycles. The van der Waals surface area contributed by atoms with Crippen molar-refractivity contribution in [2.75, 3.05) is 4.90 Å². The number of carboxylic acid groups (broad SMARTS) is 1. The van der Waals surface area contributed by atoms with Gasteiger partial charge in [-0.2, -0.15) is 0 Å². The van der Waals surface area contributed by atoms with Gasteiger partial charge in [-0.15, -0.1) is 0 Å². The summed E-state index contributed by atoms with van der Waals surface area (Å²) in [6, 6.07) is 7.81. The van der Waals surface area contributed by atoms with Crippen molar-refractivity contribution in [3.63, 3.8) is 0 Å². The maximum atomic E-state index is 12.0. The molecule has 1 aromatic rings. The highest BCUT2D eigenvalue weighted by atomic mass is 16.5. The number of amides is 1. The number of nitrogens with zero attached hydrogens (tertiary/aromatic N) is 1. The van der Waals surface area contributed by atoms with Gasteiger partial charge in [-0.1, -0.05) is 18.2 Å². The molecule has 0 radical (unpaired) electrons. The van der Waals surface area contributed by atoms with E-state index >= 15 is 0 Å². The smallest absolute Gasteiger partial charge is 0.330 e. The molecule has 1 aliphatic rings. The monoisotopic (exact) mass is 249 g/mol. The third-order valence-corrected chi connectivity index (χ3v) is 2.75. The fourth-order valence-corrected chi connectivity index (χ4v) is 2.00. The Kier molecular flexibility index (Phi) is 3.34. The van der Waals surface area contributed by atoms with Crippen LogP contribution in [0.2, 0.25) is 0 Å². The third kappa shape index (κ3) is 2.09. The minimum atomic E-state index is -1.05. The van der Waals surface area contributed by atoms with Gasteiger partial charge in [-0.3, -0.25) is 9.69 Å². The van der Waals surface area contributed by atoms with Crippen molar-refractivity contribution in [2.24, 2.45) is 0 Å². The fraction of sp³-hybridized carbons (Fsp3) is 0.385. The zero-order chi connectivity index (χ0) is 13.3. The van der Waals surface area contributed by atoms with E-state index in [1.54, 1.807) is 38.1 Å². The molecule has 18 heavy (non-hydrogen) atoms. The SMILES string of the molecule is CC(C)OC1C(=O)N(c2ccccc2)C1C(=O)O. The lowest BCUT2D eigenvalue weighted by Gasteiger charge is -2.44. The number of hydrogen-bond acceptors (Lipinski definition) is 3. The summed E-state index contributed by atoms with van der Waals surface area (Å²) in [5.74, 6) is -1.36. The first-order chi connectivity index (χ1) is 8.52. The summed E-state index contributed by atoms with van der Waals surface area (Å²) in [6.45, 7) is 3.55. The third-order valence-electron chi connectivity index (χ3n) is 2.75. The van der Waals surface area contributed by atoms with Crippen LogP contribution in [0.25, 0.3) is 0 Å². The largest absolute Gasteiger partial charge is 0.480 e. The molecule has 1 heterocycles. The number of para-hydroxylation sites is 1. The number of carboxylic acids is 1. The zero-order valence-corrected chi connectivity index (χ0v) is 10.2. The predicted octanol–water partition coefficient (Wildman–Crippen LogP) is 1.28. The number of hydrogen-bond donors (Lipinski definition) is 1. The highest BCUT2D eigenvalue weighted by molar-refractivity contribution is 6.12. The van der Waals surface area contributed by atoms with E-state index in [0.29, 0.717) is 5.69 Å². The van der Waals surface area contributed by atoms with Gasteiger partial charge >= 0.3 is 5.97 Å². The topological polar surface area (TPSA) is 66.8 Å². The number of β-lactam (4-membered cyclic amide) rings is 1. The molecule has 0 saturated carbocycles. The van der Waals surface area contributed by atoms with Crippen molar-refractivity contribution < 1.29 is 19.4 Å². The Morgan fingerprint density at radius 1 is 1.33 bits per heavy atom. The number of aliphatic carboxylic acids is 1. The van der Waals surface area contributed by atoms with Crippen LogP contribution in [0.5, 0.6) is 0 Å². The van der Waals surface area contributed by atoms with E-state index in [9.17, 15) is 14.7 Å². The number of anilines is 1. The number of benzene rings is 1. The second-order valence-corrected chi connectivity index (χ2v) is 4.43. The summed E-state index contributed by atoms with van der Waals surface area (Å²) in [4.78, 5) is 24.4. The normalized spacial score (nSPS) is 23.1. The van der Waals surface area contributed by atoms with Crippen molar-refractivity contribution in [3.05, 3.63) is 30.3 Å². The number of carbonyl (C=O) groups is 2. The molecular weight excluding hydrogens is 234 g/mol. The fourth-order valence-electron chi connectivity index (χ4n) is 2.00. The van der Waals surface area contributed by atoms with Crippen LogP contribution in [0.1, 0.15) is 13.8 Å². The Bertz CT molecular complexity index is 457. The summed E-state index contributed by atoms with van der Waals surface area (Å²) in [7, 11) is 0. The molecule has 1 aromatic carbocycles. The van der Waals surface area contributed by atoms with Crippen LogP contribution in [-0.4, -0.2) is 35.2 Å². The van der Waals surface area contributed by atoms with E-state index in [2.05, 4.69) is 0 Å². The second kappa shape index (κ2) is 4.78. The van der Waals surface area contributed by atoms with Crippen molar-refractivity contribution in [2.45, 2.75) is 32.1 Å². The Balaban J connectivity index is 2.23. The summed E-state index contributed by atoms with van der Waals surface area (Å²) in [5, 5.41) is 9.19. The molecule has 1 aliphatic heterocycles. The minimum Gasteiger partial charge on any atom is -0.480 e. The van der Waals surface area contributed by atoms with E-state index in [4.69, 9.17) is 4.74 Å². The van der Waals surface area contributed by atoms with Crippen molar-refractivity contribution in [1.29, 1.82) is 0 Å². The molecule has 2 unspecified atom stereocenters. The molecule has 0 aromatic heterocycles. The van der Waals surface area contributed by atoms with E-state index in [1.807, 2.05) is 6.07 Å². The maximum absolute atomic E-state index is 12.0. The summed E-state index contributed by atoms with van der Waals surface area (Å²) < 4.78 is 5.35. The van der Waals surface area contributed by atoms with E-state index in [0.717, 1.165) is 0 Å². The number of rotatable bonds is 4. The number of ether oxygens (including phenoxy) is 1. The number of carbonyl (C=O) groups excluding carboxylic acids is 1. The molecule has 1 fully saturated rings. The Morgan fingerprint density at radius 2 is 1.94 bits per heavy atom. The Labute approximate surface area is 105 Å². The van der Waals surface area contributed by atoms with Crippen LogP contribution < -0.4 is 4.90 Å². The molecule has 1 N–H and O–H groups in total. The molecule has 5 heteroatoms. The second-order valence-electron chi connectivity index (χ2n) is 4.43. The molecule has 0 bridgehead atoms. The van der Waals surface area contributed by atoms with E-state index in [-0.39, 0.29) is 12.0 Å². The lowest BCUT2D eigenvalue weighted by Crippen LogP contribution is -2.69. The highest BCUT2D eigenvalue weighted by Gasteiger charge is 2.53. The van der Waals surface area contributed by atoms with Crippen LogP contribution in [0.3, 0.4) is 0 Å². The highest BCUT2D eigenvalue weighted by Crippen LogP contribution is 2.30. The van der Waals surface area contributed by atoms with E-state index < -0.39 is 18.1 Å². The first-order valence-corrected chi connectivity index (χ1v) is 5.78. The quantitative estimate of drug-likeness (QED) is 0.816. The minimum absolute atomic E-state index is 0.182. The predicted molar refractivity (Wildman–Crippen MR) is 65.4 cm³/mol. The lowest BCUT2D eigenvalue weighted by atomic mass is 9.96. The molecule has 0 spiro atoms. The van der Waals surface area contributed by atoms with Gasteiger partial charge in [0.25, 0.3) is 5.91 Å². The standard InChI is InChI=1S/C13H15NO4/c1-8(2)18-11-10(13(16)17)14(12(11)15)9-6-4-3-5-7-9/h3-8,10-11H,1-2H3,(H,16,17). The van der Waals surface area contributed by atoms with Crippen LogP contribution in [0, 0.1) is 0 Å². The van der Waals surface area contributed by atoms with Gasteiger partial charge in [0.1, 0.15) is 0 Å². The van der Waals surface area contributed by atoms with Crippen LogP contribution in [0.15, 0.2) is 30.3 Å². The first kappa shape index (κ1) is 12.6. The van der Waals surface area contributed by atoms with Crippen molar-refractivity contribution in [3.8, 4) is 0 Å². The van der Waals surface area contributed by atoms with Crippen molar-refractivity contribution in [1.82, 2.24) is 0 Å². The van der Waals surface area contributed by atoms with Crippen LogP contribution in [0.4, 0.5) is 5.69 Å². The van der Waals surface area contributed by atoms with Crippen molar-refractivity contribution >= 4 is 17.6 Å². The van der Waals surface area contributed by atoms with Crippen LogP contribution in [-0.2, 0) is 14.3 Å². The van der Waals surface area contributed by atoms with Gasteiger partial charge in [0.05, 0.1) is 6.10 Å². The molecule has 2 atom stereocenters. The van der Waals surface area contributed by atoms with Gasteiger partial charge in [0, 0.05) is 5.69 Å².